The predicted molar refractivity (Wildman–Crippen MR) is 91.6 cm³/mol. The third-order valence-corrected chi connectivity index (χ3v) is 4.22. The van der Waals surface area contributed by atoms with Crippen molar-refractivity contribution < 1.29 is 9.32 Å². The van der Waals surface area contributed by atoms with Gasteiger partial charge < -0.3 is 15.2 Å². The van der Waals surface area contributed by atoms with Gasteiger partial charge in [0.15, 0.2) is 5.82 Å². The molecule has 2 aromatic heterocycles. The van der Waals surface area contributed by atoms with E-state index in [2.05, 4.69) is 34.0 Å². The first-order valence-corrected chi connectivity index (χ1v) is 8.68. The molecule has 3 heterocycles. The number of likely N-dealkylation sites (tertiary alicyclic amines) is 1. The molecule has 134 valence electrons. The third kappa shape index (κ3) is 3.94. The molecule has 1 atom stereocenters. The van der Waals surface area contributed by atoms with E-state index in [0.717, 1.165) is 31.4 Å². The molecule has 2 N–H and O–H groups in total. The number of aryl methyl sites for hydroxylation is 1. The van der Waals surface area contributed by atoms with E-state index in [1.165, 1.54) is 0 Å². The van der Waals surface area contributed by atoms with Crippen molar-refractivity contribution in [2.24, 2.45) is 5.92 Å². The lowest BCUT2D eigenvalue weighted by atomic mass is 10.0. The minimum atomic E-state index is -0.216. The second-order valence-electron chi connectivity index (χ2n) is 6.89. The van der Waals surface area contributed by atoms with Crippen LogP contribution < -0.4 is 5.73 Å². The molecule has 0 unspecified atom stereocenters. The number of carbonyl (C=O) groups is 1. The maximum atomic E-state index is 13.1. The molecule has 0 spiro atoms. The molecular formula is C17H24N6O2. The Morgan fingerprint density at radius 3 is 2.84 bits per heavy atom. The van der Waals surface area contributed by atoms with Gasteiger partial charge in [-0.25, -0.2) is 9.97 Å². The van der Waals surface area contributed by atoms with Crippen LogP contribution in [0.2, 0.25) is 0 Å². The number of nitrogens with zero attached hydrogens (tertiary/aromatic N) is 5. The quantitative estimate of drug-likeness (QED) is 0.906. The van der Waals surface area contributed by atoms with Crippen LogP contribution in [0.5, 0.6) is 0 Å². The molecular weight excluding hydrogens is 320 g/mol. The predicted octanol–water partition coefficient (Wildman–Crippen LogP) is 2.32. The zero-order valence-corrected chi connectivity index (χ0v) is 14.9. The number of carbonyl (C=O) groups excluding carboxylic acids is 1. The van der Waals surface area contributed by atoms with Gasteiger partial charge in [0.05, 0.1) is 0 Å². The summed E-state index contributed by atoms with van der Waals surface area (Å²) < 4.78 is 5.31. The van der Waals surface area contributed by atoms with Gasteiger partial charge in [-0.1, -0.05) is 19.0 Å². The van der Waals surface area contributed by atoms with E-state index < -0.39 is 0 Å². The Kier molecular flexibility index (Phi) is 4.96. The summed E-state index contributed by atoms with van der Waals surface area (Å²) in [5.41, 5.74) is 6.93. The van der Waals surface area contributed by atoms with E-state index in [0.29, 0.717) is 29.9 Å². The van der Waals surface area contributed by atoms with E-state index in [4.69, 9.17) is 10.3 Å². The molecule has 0 aromatic carbocycles. The van der Waals surface area contributed by atoms with Gasteiger partial charge >= 0.3 is 0 Å². The summed E-state index contributed by atoms with van der Waals surface area (Å²) in [4.78, 5) is 27.5. The van der Waals surface area contributed by atoms with Gasteiger partial charge in [-0.05, 0) is 44.6 Å². The van der Waals surface area contributed by atoms with Gasteiger partial charge in [0, 0.05) is 12.2 Å². The lowest BCUT2D eigenvalue weighted by Crippen LogP contribution is -2.39. The van der Waals surface area contributed by atoms with Crippen molar-refractivity contribution >= 4 is 11.9 Å². The Morgan fingerprint density at radius 1 is 1.36 bits per heavy atom. The fourth-order valence-electron chi connectivity index (χ4n) is 3.18. The molecule has 0 radical (unpaired) electrons. The second-order valence-corrected chi connectivity index (χ2v) is 6.89. The van der Waals surface area contributed by atoms with E-state index >= 15 is 0 Å². The SMILES string of the molecule is Cc1noc([C@@H]2CCCCN2C(=O)c2cc(CC(C)C)nc(N)n2)n1. The summed E-state index contributed by atoms with van der Waals surface area (Å²) in [6, 6.07) is 1.52. The number of anilines is 1. The molecule has 25 heavy (non-hydrogen) atoms. The molecule has 0 bridgehead atoms. The van der Waals surface area contributed by atoms with Crippen molar-refractivity contribution in [2.75, 3.05) is 12.3 Å². The fraction of sp³-hybridized carbons (Fsp3) is 0.588. The average molecular weight is 344 g/mol. The average Bonchev–Trinajstić information content (AvgIpc) is 2.99. The molecule has 1 aliphatic heterocycles. The van der Waals surface area contributed by atoms with Crippen LogP contribution in [-0.4, -0.2) is 37.5 Å². The highest BCUT2D eigenvalue weighted by atomic mass is 16.5. The highest BCUT2D eigenvalue weighted by Crippen LogP contribution is 2.31. The van der Waals surface area contributed by atoms with E-state index in [1.807, 2.05) is 0 Å². The van der Waals surface area contributed by atoms with Crippen LogP contribution in [-0.2, 0) is 6.42 Å². The van der Waals surface area contributed by atoms with Gasteiger partial charge in [0.2, 0.25) is 11.8 Å². The van der Waals surface area contributed by atoms with Crippen LogP contribution in [0, 0.1) is 12.8 Å². The Labute approximate surface area is 146 Å². The summed E-state index contributed by atoms with van der Waals surface area (Å²) in [7, 11) is 0. The lowest BCUT2D eigenvalue weighted by molar-refractivity contribution is 0.0555. The van der Waals surface area contributed by atoms with Crippen molar-refractivity contribution in [3.63, 3.8) is 0 Å². The minimum Gasteiger partial charge on any atom is -0.368 e. The molecule has 0 saturated carbocycles. The Bertz CT molecular complexity index is 757. The summed E-state index contributed by atoms with van der Waals surface area (Å²) >= 11 is 0. The molecule has 1 fully saturated rings. The summed E-state index contributed by atoms with van der Waals surface area (Å²) in [5, 5.41) is 3.85. The number of aromatic nitrogens is 4. The Balaban J connectivity index is 1.88. The summed E-state index contributed by atoms with van der Waals surface area (Å²) in [6.45, 7) is 6.59. The molecule has 2 aromatic rings. The minimum absolute atomic E-state index is 0.128. The number of amides is 1. The number of nitrogen functional groups attached to an aromatic ring is 1. The number of nitrogens with two attached hydrogens (primary N) is 1. The maximum Gasteiger partial charge on any atom is 0.273 e. The number of piperidine rings is 1. The molecule has 1 aliphatic rings. The fourth-order valence-corrected chi connectivity index (χ4v) is 3.18. The van der Waals surface area contributed by atoms with Crippen molar-refractivity contribution in [1.82, 2.24) is 25.0 Å². The lowest BCUT2D eigenvalue weighted by Gasteiger charge is -2.33. The zero-order chi connectivity index (χ0) is 18.0. The van der Waals surface area contributed by atoms with Crippen molar-refractivity contribution in [1.29, 1.82) is 0 Å². The van der Waals surface area contributed by atoms with Crippen LogP contribution in [0.1, 0.15) is 67.0 Å². The maximum absolute atomic E-state index is 13.1. The van der Waals surface area contributed by atoms with E-state index in [9.17, 15) is 4.79 Å². The van der Waals surface area contributed by atoms with Crippen LogP contribution in [0.3, 0.4) is 0 Å². The Morgan fingerprint density at radius 2 is 2.16 bits per heavy atom. The van der Waals surface area contributed by atoms with Crippen LogP contribution in [0.4, 0.5) is 5.95 Å². The van der Waals surface area contributed by atoms with Gasteiger partial charge in [-0.15, -0.1) is 0 Å². The molecule has 1 saturated heterocycles. The second kappa shape index (κ2) is 7.16. The standard InChI is InChI=1S/C17H24N6O2/c1-10(2)8-12-9-13(21-17(18)20-12)16(24)23-7-5-4-6-14(23)15-19-11(3)22-25-15/h9-10,14H,4-8H2,1-3H3,(H2,18,20,21)/t14-/m0/s1. The van der Waals surface area contributed by atoms with Gasteiger partial charge in [0.25, 0.3) is 5.91 Å². The van der Waals surface area contributed by atoms with Crippen molar-refractivity contribution in [3.05, 3.63) is 29.2 Å². The molecule has 8 heteroatoms. The van der Waals surface area contributed by atoms with Gasteiger partial charge in [0.1, 0.15) is 11.7 Å². The smallest absolute Gasteiger partial charge is 0.273 e. The number of hydrogen-bond acceptors (Lipinski definition) is 7. The Hall–Kier alpha value is -2.51. The van der Waals surface area contributed by atoms with E-state index in [-0.39, 0.29) is 17.9 Å². The normalized spacial score (nSPS) is 17.9. The first-order chi connectivity index (χ1) is 11.9. The summed E-state index contributed by atoms with van der Waals surface area (Å²) in [6.07, 6.45) is 3.50. The monoisotopic (exact) mass is 344 g/mol. The first-order valence-electron chi connectivity index (χ1n) is 8.68. The number of rotatable bonds is 4. The van der Waals surface area contributed by atoms with Gasteiger partial charge in [-0.2, -0.15) is 4.98 Å². The molecule has 8 nitrogen and oxygen atoms in total. The molecule has 1 amide bonds. The van der Waals surface area contributed by atoms with Crippen LogP contribution in [0.25, 0.3) is 0 Å². The largest absolute Gasteiger partial charge is 0.368 e. The molecule has 0 aliphatic carbocycles. The van der Waals surface area contributed by atoms with E-state index in [1.54, 1.807) is 17.9 Å². The van der Waals surface area contributed by atoms with Crippen LogP contribution >= 0.6 is 0 Å². The topological polar surface area (TPSA) is 111 Å². The molecule has 3 rings (SSSR count). The highest BCUT2D eigenvalue weighted by molar-refractivity contribution is 5.93. The number of hydrogen-bond donors (Lipinski definition) is 1. The summed E-state index contributed by atoms with van der Waals surface area (Å²) in [5.74, 6) is 1.43. The van der Waals surface area contributed by atoms with Crippen LogP contribution in [0.15, 0.2) is 10.6 Å². The third-order valence-electron chi connectivity index (χ3n) is 4.22. The zero-order valence-electron chi connectivity index (χ0n) is 14.9. The highest BCUT2D eigenvalue weighted by Gasteiger charge is 2.33. The van der Waals surface area contributed by atoms with Crippen molar-refractivity contribution in [2.45, 2.75) is 52.5 Å². The first kappa shape index (κ1) is 17.3. The van der Waals surface area contributed by atoms with Crippen molar-refractivity contribution in [3.8, 4) is 0 Å². The van der Waals surface area contributed by atoms with Gasteiger partial charge in [-0.3, -0.25) is 4.79 Å².